The molecule has 0 atom stereocenters. The third kappa shape index (κ3) is 5.40. The van der Waals surface area contributed by atoms with Gasteiger partial charge in [0, 0.05) is 5.57 Å². The fraction of sp³-hybridized carbons (Fsp3) is 0.0317. The Morgan fingerprint density at radius 1 is 0.303 bits per heavy atom. The van der Waals surface area contributed by atoms with Crippen LogP contribution in [0.2, 0.25) is 0 Å². The number of hydrogen-bond donors (Lipinski definition) is 0. The van der Waals surface area contributed by atoms with E-state index in [-0.39, 0.29) is 0 Å². The van der Waals surface area contributed by atoms with Crippen LogP contribution >= 0.6 is 0 Å². The highest BCUT2D eigenvalue weighted by Crippen LogP contribution is 2.60. The van der Waals surface area contributed by atoms with Gasteiger partial charge >= 0.3 is 0 Å². The summed E-state index contributed by atoms with van der Waals surface area (Å²) in [5.41, 5.74) is 18.6. The molecule has 0 bridgehead atoms. The van der Waals surface area contributed by atoms with Gasteiger partial charge in [-0.15, -0.1) is 0 Å². The van der Waals surface area contributed by atoms with Gasteiger partial charge in [-0.25, -0.2) is 0 Å². The van der Waals surface area contributed by atoms with E-state index in [4.69, 9.17) is 0 Å². The monoisotopic (exact) mass is 833 g/mol. The number of rotatable bonds is 5. The average Bonchev–Trinajstić information content (AvgIpc) is 3.72. The number of allylic oxidation sites excluding steroid dienone is 4. The molecule has 0 aliphatic heterocycles. The van der Waals surface area contributed by atoms with Crippen molar-refractivity contribution in [2.24, 2.45) is 0 Å². The van der Waals surface area contributed by atoms with Gasteiger partial charge in [0.25, 0.3) is 0 Å². The maximum atomic E-state index is 9.72. The highest BCUT2D eigenvalue weighted by Gasteiger charge is 2.33. The van der Waals surface area contributed by atoms with Gasteiger partial charge < -0.3 is 0 Å². The van der Waals surface area contributed by atoms with Crippen LogP contribution in [0.3, 0.4) is 0 Å². The molecule has 11 aromatic carbocycles. The molecular weight excluding hydrogens is 799 g/mol. The van der Waals surface area contributed by atoms with E-state index in [1.165, 1.54) is 110 Å². The summed E-state index contributed by atoms with van der Waals surface area (Å²) in [5, 5.41) is 41.2. The summed E-state index contributed by atoms with van der Waals surface area (Å²) in [4.78, 5) is 0. The van der Waals surface area contributed by atoms with Crippen LogP contribution in [0.4, 0.5) is 0 Å². The van der Waals surface area contributed by atoms with E-state index in [0.29, 0.717) is 17.5 Å². The molecule has 302 valence electrons. The first kappa shape index (κ1) is 37.5. The topological polar surface area (TPSA) is 71.4 Å². The van der Waals surface area contributed by atoms with Gasteiger partial charge in [0.15, 0.2) is 0 Å². The summed E-state index contributed by atoms with van der Waals surface area (Å²) < 4.78 is 0. The minimum atomic E-state index is 0.634. The molecule has 0 unspecified atom stereocenters. The third-order valence-corrected chi connectivity index (χ3v) is 14.2. The molecule has 0 heterocycles. The van der Waals surface area contributed by atoms with Gasteiger partial charge in [0.2, 0.25) is 0 Å². The van der Waals surface area contributed by atoms with E-state index in [1.807, 2.05) is 42.5 Å². The van der Waals surface area contributed by atoms with Crippen LogP contribution in [0.25, 0.3) is 126 Å². The second-order valence-electron chi connectivity index (χ2n) is 17.5. The number of nitrogens with zero attached hydrogens (tertiary/aromatic N) is 3. The van der Waals surface area contributed by atoms with Crippen LogP contribution in [0.5, 0.6) is 0 Å². The SMILES string of the molecule is N#CC1=CC=C(c2ccc3c4ccc5c6c(ccc(c7ccc(-c8ccc(C#N)cc8)c2c37)c64)-c2c-5c(-c3ccccc3)c3ccc(-c4ccc(C#N)cc4)cc3c2-c2ccccc2)CC1. The summed E-state index contributed by atoms with van der Waals surface area (Å²) in [5.74, 6) is 0. The summed E-state index contributed by atoms with van der Waals surface area (Å²) in [7, 11) is 0. The van der Waals surface area contributed by atoms with E-state index in [9.17, 15) is 15.8 Å². The van der Waals surface area contributed by atoms with Crippen molar-refractivity contribution in [2.75, 3.05) is 0 Å². The highest BCUT2D eigenvalue weighted by molar-refractivity contribution is 6.40. The third-order valence-electron chi connectivity index (χ3n) is 14.2. The Hall–Kier alpha value is -9.07. The number of nitriles is 3. The van der Waals surface area contributed by atoms with Gasteiger partial charge in [0.1, 0.15) is 0 Å². The largest absolute Gasteiger partial charge is 0.193 e. The fourth-order valence-electron chi connectivity index (χ4n) is 11.2. The first-order valence-corrected chi connectivity index (χ1v) is 22.4. The maximum Gasteiger partial charge on any atom is 0.0991 e. The maximum absolute atomic E-state index is 9.72. The molecule has 2 aliphatic rings. The van der Waals surface area contributed by atoms with Crippen molar-refractivity contribution in [1.82, 2.24) is 0 Å². The molecule has 3 heteroatoms. The van der Waals surface area contributed by atoms with Crippen LogP contribution in [0, 0.1) is 34.0 Å². The number of benzene rings is 11. The summed E-state index contributed by atoms with van der Waals surface area (Å²) in [6, 6.07) is 70.1. The Morgan fingerprint density at radius 2 is 0.773 bits per heavy atom. The molecule has 0 saturated heterocycles. The van der Waals surface area contributed by atoms with Crippen LogP contribution in [0.1, 0.15) is 29.5 Å². The molecule has 2 aliphatic carbocycles. The van der Waals surface area contributed by atoms with Crippen molar-refractivity contribution in [3.63, 3.8) is 0 Å². The lowest BCUT2D eigenvalue weighted by Crippen LogP contribution is -1.97. The lowest BCUT2D eigenvalue weighted by molar-refractivity contribution is 1.01. The van der Waals surface area contributed by atoms with Crippen molar-refractivity contribution < 1.29 is 0 Å². The highest BCUT2D eigenvalue weighted by atomic mass is 14.4. The zero-order valence-electron chi connectivity index (χ0n) is 35.7. The average molecular weight is 834 g/mol. The minimum Gasteiger partial charge on any atom is -0.193 e. The molecule has 0 saturated carbocycles. The van der Waals surface area contributed by atoms with Crippen LogP contribution < -0.4 is 0 Å². The molecule has 0 aromatic heterocycles. The van der Waals surface area contributed by atoms with Gasteiger partial charge in [0.05, 0.1) is 29.3 Å². The van der Waals surface area contributed by atoms with Crippen LogP contribution in [-0.2, 0) is 0 Å². The predicted octanol–water partition coefficient (Wildman–Crippen LogP) is 16.6. The zero-order valence-corrected chi connectivity index (χ0v) is 35.7. The smallest absolute Gasteiger partial charge is 0.0991 e. The van der Waals surface area contributed by atoms with E-state index < -0.39 is 0 Å². The molecule has 66 heavy (non-hydrogen) atoms. The molecular formula is C63H35N3. The minimum absolute atomic E-state index is 0.634. The molecule has 0 amide bonds. The molecule has 0 fully saturated rings. The Kier molecular flexibility index (Phi) is 8.23. The second-order valence-corrected chi connectivity index (χ2v) is 17.5. The first-order valence-electron chi connectivity index (χ1n) is 22.4. The van der Waals surface area contributed by atoms with Crippen molar-refractivity contribution in [3.8, 4) is 85.0 Å². The Labute approximate surface area is 381 Å². The fourth-order valence-corrected chi connectivity index (χ4v) is 11.2. The van der Waals surface area contributed by atoms with E-state index in [2.05, 4.69) is 164 Å². The molecule has 0 spiro atoms. The quantitative estimate of drug-likeness (QED) is 0.128. The summed E-state index contributed by atoms with van der Waals surface area (Å²) >= 11 is 0. The second kappa shape index (κ2) is 14.5. The zero-order chi connectivity index (χ0) is 44.0. The van der Waals surface area contributed by atoms with Gasteiger partial charge in [-0.3, -0.25) is 0 Å². The Morgan fingerprint density at radius 3 is 1.29 bits per heavy atom. The first-order chi connectivity index (χ1) is 32.6. The Balaban J connectivity index is 1.15. The lowest BCUT2D eigenvalue weighted by atomic mass is 9.81. The number of fused-ring (bicyclic) bond motifs is 6. The number of hydrogen-bond acceptors (Lipinski definition) is 3. The van der Waals surface area contributed by atoms with Gasteiger partial charge in [-0.1, -0.05) is 152 Å². The van der Waals surface area contributed by atoms with Crippen molar-refractivity contribution >= 4 is 59.4 Å². The normalized spacial score (nSPS) is 12.9. The lowest BCUT2D eigenvalue weighted by Gasteiger charge is -2.21. The van der Waals surface area contributed by atoms with E-state index >= 15 is 0 Å². The van der Waals surface area contributed by atoms with Crippen molar-refractivity contribution in [2.45, 2.75) is 12.8 Å². The van der Waals surface area contributed by atoms with Crippen LogP contribution in [0.15, 0.2) is 194 Å². The summed E-state index contributed by atoms with van der Waals surface area (Å²) in [6.45, 7) is 0. The molecule has 3 nitrogen and oxygen atoms in total. The van der Waals surface area contributed by atoms with Crippen molar-refractivity contribution in [1.29, 1.82) is 15.8 Å². The standard InChI is InChI=1S/C63H35N3/c64-34-37-11-17-40(18-12-37)45-23-24-52-55(33-45)57(44-9-5-2-6-10-44)63-54-32-30-51-49-28-26-47(42-21-15-39(36-66)16-22-42)58-46(41-19-13-38(35-65)14-20-41)25-27-48(59(49)58)50-29-31-53(61(54)60(50)51)62(63)56(52)43-7-3-1-4-8-43/h1-13,15-19,21-33H,14,20H2. The molecule has 13 rings (SSSR count). The Bertz CT molecular complexity index is 4060. The van der Waals surface area contributed by atoms with Gasteiger partial charge in [-0.2, -0.15) is 15.8 Å². The molecule has 0 radical (unpaired) electrons. The van der Waals surface area contributed by atoms with Crippen LogP contribution in [-0.4, -0.2) is 0 Å². The summed E-state index contributed by atoms with van der Waals surface area (Å²) in [6.07, 6.45) is 5.62. The molecule has 11 aromatic rings. The van der Waals surface area contributed by atoms with E-state index in [1.54, 1.807) is 0 Å². The van der Waals surface area contributed by atoms with E-state index in [0.717, 1.165) is 34.2 Å². The molecule has 0 N–H and O–H groups in total. The van der Waals surface area contributed by atoms with Gasteiger partial charge in [-0.05, 0) is 181 Å². The predicted molar refractivity (Wildman–Crippen MR) is 272 cm³/mol. The van der Waals surface area contributed by atoms with Crippen molar-refractivity contribution in [3.05, 3.63) is 210 Å².